The van der Waals surface area contributed by atoms with E-state index in [2.05, 4.69) is 15.9 Å². The highest BCUT2D eigenvalue weighted by molar-refractivity contribution is 9.10. The number of alkyl halides is 1. The monoisotopic (exact) mass is 329 g/mol. The lowest BCUT2D eigenvalue weighted by Gasteiger charge is -2.12. The Morgan fingerprint density at radius 3 is 2.50 bits per heavy atom. The van der Waals surface area contributed by atoms with E-state index < -0.39 is 0 Å². The molecule has 1 aliphatic rings. The topological polar surface area (TPSA) is 37.4 Å². The van der Waals surface area contributed by atoms with Crippen LogP contribution in [0.15, 0.2) is 22.7 Å². The third kappa shape index (κ3) is 2.59. The van der Waals surface area contributed by atoms with Gasteiger partial charge in [0.05, 0.1) is 11.1 Å². The van der Waals surface area contributed by atoms with Crippen LogP contribution in [0.25, 0.3) is 0 Å². The molecule has 18 heavy (non-hydrogen) atoms. The van der Waals surface area contributed by atoms with Crippen molar-refractivity contribution in [1.29, 1.82) is 0 Å². The Morgan fingerprint density at radius 1 is 1.06 bits per heavy atom. The van der Waals surface area contributed by atoms with Crippen LogP contribution in [-0.2, 0) is 0 Å². The molecule has 1 heterocycles. The van der Waals surface area contributed by atoms with Crippen molar-refractivity contribution < 1.29 is 9.59 Å². The van der Waals surface area contributed by atoms with Crippen LogP contribution < -0.4 is 0 Å². The summed E-state index contributed by atoms with van der Waals surface area (Å²) in [7, 11) is 0. The fourth-order valence-corrected chi connectivity index (χ4v) is 2.56. The quantitative estimate of drug-likeness (QED) is 0.471. The van der Waals surface area contributed by atoms with Crippen molar-refractivity contribution >= 4 is 39.3 Å². The molecule has 0 aliphatic carbocycles. The van der Waals surface area contributed by atoms with Gasteiger partial charge < -0.3 is 0 Å². The molecular weight excluding hydrogens is 318 g/mol. The smallest absolute Gasteiger partial charge is 0.261 e. The Kier molecular flexibility index (Phi) is 4.40. The van der Waals surface area contributed by atoms with Crippen LogP contribution in [0.1, 0.15) is 40.0 Å². The molecule has 0 fully saturated rings. The lowest BCUT2D eigenvalue weighted by atomic mass is 10.1. The number of nitrogens with zero attached hydrogens (tertiary/aromatic N) is 1. The fourth-order valence-electron chi connectivity index (χ4n) is 2.01. The average molecular weight is 331 g/mol. The number of hydrogen-bond donors (Lipinski definition) is 0. The summed E-state index contributed by atoms with van der Waals surface area (Å²) in [5, 5.41) is 0. The van der Waals surface area contributed by atoms with E-state index in [9.17, 15) is 9.59 Å². The van der Waals surface area contributed by atoms with Crippen molar-refractivity contribution in [3.05, 3.63) is 33.8 Å². The Hall–Kier alpha value is -0.870. The van der Waals surface area contributed by atoms with Gasteiger partial charge in [0.2, 0.25) is 0 Å². The summed E-state index contributed by atoms with van der Waals surface area (Å²) in [6.45, 7) is 0.473. The maximum absolute atomic E-state index is 12.1. The zero-order valence-electron chi connectivity index (χ0n) is 9.79. The second-order valence-electron chi connectivity index (χ2n) is 4.20. The summed E-state index contributed by atoms with van der Waals surface area (Å²) in [6, 6.07) is 5.17. The van der Waals surface area contributed by atoms with Gasteiger partial charge in [0.15, 0.2) is 0 Å². The molecule has 1 aliphatic heterocycles. The zero-order chi connectivity index (χ0) is 13.1. The predicted octanol–water partition coefficient (Wildman–Crippen LogP) is 3.45. The number of unbranched alkanes of at least 4 members (excludes halogenated alkanes) is 2. The van der Waals surface area contributed by atoms with Crippen molar-refractivity contribution in [2.75, 3.05) is 12.4 Å². The summed E-state index contributed by atoms with van der Waals surface area (Å²) in [5.41, 5.74) is 0.993. The molecule has 2 rings (SSSR count). The van der Waals surface area contributed by atoms with Crippen molar-refractivity contribution in [3.8, 4) is 0 Å². The third-order valence-electron chi connectivity index (χ3n) is 2.95. The minimum Gasteiger partial charge on any atom is -0.274 e. The molecule has 0 atom stereocenters. The van der Waals surface area contributed by atoms with E-state index in [4.69, 9.17) is 11.6 Å². The van der Waals surface area contributed by atoms with Crippen LogP contribution >= 0.6 is 27.5 Å². The van der Waals surface area contributed by atoms with Crippen LogP contribution in [0.5, 0.6) is 0 Å². The Labute approximate surface area is 119 Å². The highest BCUT2D eigenvalue weighted by atomic mass is 79.9. The van der Waals surface area contributed by atoms with E-state index in [1.165, 1.54) is 4.90 Å². The molecule has 0 N–H and O–H groups in total. The second kappa shape index (κ2) is 5.85. The van der Waals surface area contributed by atoms with Crippen LogP contribution in [0, 0.1) is 0 Å². The van der Waals surface area contributed by atoms with Gasteiger partial charge in [-0.05, 0) is 31.0 Å². The highest BCUT2D eigenvalue weighted by Crippen LogP contribution is 2.26. The summed E-state index contributed by atoms with van der Waals surface area (Å²) in [4.78, 5) is 25.5. The molecule has 96 valence electrons. The number of carbonyl (C=O) groups excluding carboxylic acids is 2. The number of fused-ring (bicyclic) bond motifs is 1. The molecule has 0 radical (unpaired) electrons. The normalized spacial score (nSPS) is 14.2. The number of imide groups is 1. The average Bonchev–Trinajstić information content (AvgIpc) is 2.59. The lowest BCUT2D eigenvalue weighted by Crippen LogP contribution is -2.30. The standard InChI is InChI=1S/C13H13BrClNO2/c14-9-4-5-10-11(8-9)13(18)16(12(10)17)7-3-1-2-6-15/h4-5,8H,1-3,6-7H2. The van der Waals surface area contributed by atoms with E-state index >= 15 is 0 Å². The molecule has 3 nitrogen and oxygen atoms in total. The Morgan fingerprint density at radius 2 is 1.78 bits per heavy atom. The van der Waals surface area contributed by atoms with Gasteiger partial charge in [0.1, 0.15) is 0 Å². The first-order valence-corrected chi connectivity index (χ1v) is 7.19. The van der Waals surface area contributed by atoms with E-state index in [0.29, 0.717) is 23.6 Å². The molecule has 2 amide bonds. The van der Waals surface area contributed by atoms with Gasteiger partial charge in [-0.25, -0.2) is 0 Å². The number of carbonyl (C=O) groups is 2. The summed E-state index contributed by atoms with van der Waals surface area (Å²) in [6.07, 6.45) is 2.65. The van der Waals surface area contributed by atoms with Crippen LogP contribution in [0.2, 0.25) is 0 Å². The van der Waals surface area contributed by atoms with Gasteiger partial charge in [-0.15, -0.1) is 11.6 Å². The minimum atomic E-state index is -0.192. The first kappa shape index (κ1) is 13.6. The first-order valence-electron chi connectivity index (χ1n) is 5.87. The molecule has 1 aromatic rings. The second-order valence-corrected chi connectivity index (χ2v) is 5.50. The Balaban J connectivity index is 2.08. The van der Waals surface area contributed by atoms with Crippen LogP contribution in [0.4, 0.5) is 0 Å². The van der Waals surface area contributed by atoms with E-state index in [1.807, 2.05) is 0 Å². The van der Waals surface area contributed by atoms with Gasteiger partial charge in [-0.2, -0.15) is 0 Å². The van der Waals surface area contributed by atoms with Gasteiger partial charge in [-0.1, -0.05) is 22.4 Å². The fraction of sp³-hybridized carbons (Fsp3) is 0.385. The van der Waals surface area contributed by atoms with E-state index in [-0.39, 0.29) is 11.8 Å². The minimum absolute atomic E-state index is 0.187. The molecule has 1 aromatic carbocycles. The summed E-state index contributed by atoms with van der Waals surface area (Å²) in [5.74, 6) is 0.241. The highest BCUT2D eigenvalue weighted by Gasteiger charge is 2.34. The van der Waals surface area contributed by atoms with Crippen molar-refractivity contribution in [1.82, 2.24) is 4.90 Å². The van der Waals surface area contributed by atoms with Gasteiger partial charge in [-0.3, -0.25) is 14.5 Å². The molecular formula is C13H13BrClNO2. The first-order chi connectivity index (χ1) is 8.65. The number of rotatable bonds is 5. The summed E-state index contributed by atoms with van der Waals surface area (Å²) < 4.78 is 0.811. The van der Waals surface area contributed by atoms with Crippen LogP contribution in [-0.4, -0.2) is 29.1 Å². The van der Waals surface area contributed by atoms with Gasteiger partial charge >= 0.3 is 0 Å². The van der Waals surface area contributed by atoms with Crippen LogP contribution in [0.3, 0.4) is 0 Å². The number of hydrogen-bond acceptors (Lipinski definition) is 2. The number of halogens is 2. The SMILES string of the molecule is O=C1c2ccc(Br)cc2C(=O)N1CCCCCCl. The zero-order valence-corrected chi connectivity index (χ0v) is 12.1. The Bertz CT molecular complexity index is 490. The number of amides is 2. The van der Waals surface area contributed by atoms with Gasteiger partial charge in [0, 0.05) is 16.9 Å². The molecule has 0 bridgehead atoms. The maximum atomic E-state index is 12.1. The maximum Gasteiger partial charge on any atom is 0.261 e. The van der Waals surface area contributed by atoms with Crippen molar-refractivity contribution in [3.63, 3.8) is 0 Å². The van der Waals surface area contributed by atoms with E-state index in [1.54, 1.807) is 18.2 Å². The molecule has 5 heteroatoms. The molecule has 0 unspecified atom stereocenters. The predicted molar refractivity (Wildman–Crippen MR) is 74.1 cm³/mol. The lowest BCUT2D eigenvalue weighted by molar-refractivity contribution is 0.0651. The molecule has 0 saturated carbocycles. The van der Waals surface area contributed by atoms with E-state index in [0.717, 1.165) is 23.7 Å². The molecule has 0 spiro atoms. The van der Waals surface area contributed by atoms with Crippen molar-refractivity contribution in [2.24, 2.45) is 0 Å². The molecule has 0 aromatic heterocycles. The van der Waals surface area contributed by atoms with Gasteiger partial charge in [0.25, 0.3) is 11.8 Å². The molecule has 0 saturated heterocycles. The number of benzene rings is 1. The largest absolute Gasteiger partial charge is 0.274 e. The van der Waals surface area contributed by atoms with Crippen molar-refractivity contribution in [2.45, 2.75) is 19.3 Å². The third-order valence-corrected chi connectivity index (χ3v) is 3.71. The summed E-state index contributed by atoms with van der Waals surface area (Å²) >= 11 is 8.90.